The van der Waals surface area contributed by atoms with Crippen molar-refractivity contribution in [2.75, 3.05) is 6.61 Å². The Morgan fingerprint density at radius 2 is 1.79 bits per heavy atom. The summed E-state index contributed by atoms with van der Waals surface area (Å²) < 4.78 is 13.3. The number of aromatic carboxylic acids is 1. The summed E-state index contributed by atoms with van der Waals surface area (Å²) in [7, 11) is 0. The van der Waals surface area contributed by atoms with Crippen LogP contribution in [-0.2, 0) is 6.61 Å². The van der Waals surface area contributed by atoms with Crippen molar-refractivity contribution in [1.29, 1.82) is 0 Å². The molecule has 8 heteroatoms. The highest BCUT2D eigenvalue weighted by Crippen LogP contribution is 2.32. The lowest BCUT2D eigenvalue weighted by Crippen LogP contribution is -2.25. The number of nitrogens with zero attached hydrogens (tertiary/aromatic N) is 3. The molecule has 0 amide bonds. The minimum absolute atomic E-state index is 0.170. The average molecular weight is 526 g/mol. The van der Waals surface area contributed by atoms with Gasteiger partial charge in [-0.25, -0.2) is 9.78 Å². The zero-order chi connectivity index (χ0) is 27.2. The zero-order valence-corrected chi connectivity index (χ0v) is 21.9. The fraction of sp³-hybridized carbons (Fsp3) is 0.290. The van der Waals surface area contributed by atoms with E-state index >= 15 is 0 Å². The maximum absolute atomic E-state index is 13.4. The van der Waals surface area contributed by atoms with Crippen molar-refractivity contribution in [3.8, 4) is 11.5 Å². The molecule has 1 aliphatic carbocycles. The third-order valence-electron chi connectivity index (χ3n) is 6.93. The van der Waals surface area contributed by atoms with Crippen molar-refractivity contribution < 1.29 is 19.4 Å². The van der Waals surface area contributed by atoms with Gasteiger partial charge in [0.05, 0.1) is 29.3 Å². The van der Waals surface area contributed by atoms with Crippen LogP contribution in [0.2, 0.25) is 0 Å². The normalized spacial score (nSPS) is 14.1. The minimum Gasteiger partial charge on any atom is -0.490 e. The monoisotopic (exact) mass is 525 g/mol. The molecule has 39 heavy (non-hydrogen) atoms. The third kappa shape index (κ3) is 6.00. The van der Waals surface area contributed by atoms with Gasteiger partial charge in [-0.05, 0) is 73.4 Å². The van der Waals surface area contributed by atoms with Crippen molar-refractivity contribution in [3.05, 3.63) is 99.6 Å². The van der Waals surface area contributed by atoms with E-state index in [1.807, 2.05) is 37.3 Å². The highest BCUT2D eigenvalue weighted by Gasteiger charge is 2.22. The number of para-hydroxylation sites is 1. The number of hydrogen-bond donors (Lipinski definition) is 1. The van der Waals surface area contributed by atoms with Gasteiger partial charge in [-0.15, -0.1) is 0 Å². The Morgan fingerprint density at radius 3 is 2.54 bits per heavy atom. The van der Waals surface area contributed by atoms with Gasteiger partial charge in [0.1, 0.15) is 12.4 Å². The Morgan fingerprint density at radius 1 is 1.03 bits per heavy atom. The molecule has 1 fully saturated rings. The summed E-state index contributed by atoms with van der Waals surface area (Å²) in [5.74, 6) is 1.07. The van der Waals surface area contributed by atoms with E-state index in [-0.39, 0.29) is 23.6 Å². The van der Waals surface area contributed by atoms with Crippen LogP contribution in [0.5, 0.6) is 11.5 Å². The van der Waals surface area contributed by atoms with Gasteiger partial charge in [-0.3, -0.25) is 4.79 Å². The Balaban J connectivity index is 1.42. The average Bonchev–Trinajstić information content (AvgIpc) is 2.97. The Hall–Kier alpha value is -4.46. The topological polar surface area (TPSA) is 103 Å². The molecule has 0 spiro atoms. The van der Waals surface area contributed by atoms with E-state index in [4.69, 9.17) is 19.6 Å². The van der Waals surface area contributed by atoms with Crippen LogP contribution in [0.4, 0.5) is 0 Å². The van der Waals surface area contributed by atoms with E-state index in [0.717, 1.165) is 36.8 Å². The summed E-state index contributed by atoms with van der Waals surface area (Å²) in [6, 6.07) is 19.5. The summed E-state index contributed by atoms with van der Waals surface area (Å²) in [5.41, 5.74) is 2.35. The molecule has 0 bridgehead atoms. The van der Waals surface area contributed by atoms with Crippen LogP contribution in [0.3, 0.4) is 0 Å². The molecule has 200 valence electrons. The van der Waals surface area contributed by atoms with Gasteiger partial charge in [-0.2, -0.15) is 9.78 Å². The molecule has 3 aromatic carbocycles. The first kappa shape index (κ1) is 26.2. The number of carbonyl (C=O) groups is 1. The van der Waals surface area contributed by atoms with Gasteiger partial charge in [0, 0.05) is 5.92 Å². The van der Waals surface area contributed by atoms with Gasteiger partial charge >= 0.3 is 5.97 Å². The number of carboxylic acids is 1. The molecule has 1 N–H and O–H groups in total. The predicted molar refractivity (Wildman–Crippen MR) is 150 cm³/mol. The van der Waals surface area contributed by atoms with Crippen molar-refractivity contribution in [1.82, 2.24) is 9.66 Å². The van der Waals surface area contributed by atoms with Crippen LogP contribution >= 0.6 is 0 Å². The smallest absolute Gasteiger partial charge is 0.335 e. The second-order valence-electron chi connectivity index (χ2n) is 9.61. The number of benzene rings is 3. The second-order valence-corrected chi connectivity index (χ2v) is 9.61. The minimum atomic E-state index is -0.967. The lowest BCUT2D eigenvalue weighted by atomic mass is 9.88. The van der Waals surface area contributed by atoms with E-state index in [1.165, 1.54) is 11.1 Å². The number of hydrogen-bond acceptors (Lipinski definition) is 6. The largest absolute Gasteiger partial charge is 0.490 e. The molecular formula is C31H31N3O5. The summed E-state index contributed by atoms with van der Waals surface area (Å²) >= 11 is 0. The molecule has 0 aliphatic heterocycles. The number of fused-ring (bicyclic) bond motifs is 1. The van der Waals surface area contributed by atoms with Gasteiger partial charge in [0.25, 0.3) is 5.56 Å². The van der Waals surface area contributed by atoms with Gasteiger partial charge in [-0.1, -0.05) is 43.5 Å². The molecule has 1 saturated carbocycles. The maximum Gasteiger partial charge on any atom is 0.335 e. The Kier molecular flexibility index (Phi) is 8.01. The second kappa shape index (κ2) is 11.9. The first-order valence-corrected chi connectivity index (χ1v) is 13.3. The van der Waals surface area contributed by atoms with E-state index in [0.29, 0.717) is 34.8 Å². The van der Waals surface area contributed by atoms with Crippen molar-refractivity contribution in [3.63, 3.8) is 0 Å². The molecule has 8 nitrogen and oxygen atoms in total. The first-order valence-electron chi connectivity index (χ1n) is 13.3. The summed E-state index contributed by atoms with van der Waals surface area (Å²) in [6.07, 6.45) is 7.11. The van der Waals surface area contributed by atoms with E-state index in [2.05, 4.69) is 5.10 Å². The molecule has 1 aromatic heterocycles. The Labute approximate surface area is 226 Å². The van der Waals surface area contributed by atoms with E-state index < -0.39 is 5.97 Å². The predicted octanol–water partition coefficient (Wildman–Crippen LogP) is 6.00. The summed E-state index contributed by atoms with van der Waals surface area (Å²) in [5, 5.41) is 14.3. The van der Waals surface area contributed by atoms with Crippen LogP contribution in [0.25, 0.3) is 10.9 Å². The molecular weight excluding hydrogens is 494 g/mol. The quantitative estimate of drug-likeness (QED) is 0.269. The fourth-order valence-electron chi connectivity index (χ4n) is 4.90. The molecule has 1 heterocycles. The van der Waals surface area contributed by atoms with Gasteiger partial charge < -0.3 is 14.6 Å². The third-order valence-corrected chi connectivity index (χ3v) is 6.93. The molecule has 0 unspecified atom stereocenters. The summed E-state index contributed by atoms with van der Waals surface area (Å²) in [6.45, 7) is 2.60. The molecule has 1 aliphatic rings. The highest BCUT2D eigenvalue weighted by atomic mass is 16.5. The molecule has 0 saturated heterocycles. The fourth-order valence-corrected chi connectivity index (χ4v) is 4.90. The van der Waals surface area contributed by atoms with Gasteiger partial charge in [0.15, 0.2) is 11.5 Å². The molecule has 4 aromatic rings. The van der Waals surface area contributed by atoms with Crippen molar-refractivity contribution >= 4 is 23.1 Å². The number of rotatable bonds is 9. The lowest BCUT2D eigenvalue weighted by molar-refractivity contribution is 0.0697. The number of carboxylic acid groups (broad SMARTS) is 1. The number of ether oxygens (including phenoxy) is 2. The maximum atomic E-state index is 13.4. The van der Waals surface area contributed by atoms with Crippen LogP contribution < -0.4 is 15.0 Å². The van der Waals surface area contributed by atoms with Crippen LogP contribution in [0, 0.1) is 0 Å². The van der Waals surface area contributed by atoms with Crippen molar-refractivity contribution in [2.45, 2.75) is 51.6 Å². The highest BCUT2D eigenvalue weighted by molar-refractivity contribution is 5.87. The molecule has 5 rings (SSSR count). The van der Waals surface area contributed by atoms with Crippen LogP contribution in [0.15, 0.2) is 76.6 Å². The van der Waals surface area contributed by atoms with E-state index in [1.54, 1.807) is 42.6 Å². The van der Waals surface area contributed by atoms with Gasteiger partial charge in [0.2, 0.25) is 0 Å². The Bertz CT molecular complexity index is 1550. The van der Waals surface area contributed by atoms with Crippen LogP contribution in [-0.4, -0.2) is 33.6 Å². The standard InChI is InChI=1S/C31H31N3O5/c1-2-38-28-18-22(14-17-27(28)39-20-21-12-15-24(16-13-21)31(36)37)19-32-34-29(23-8-4-3-5-9-23)33-26-11-7-6-10-25(26)30(34)35/h6-7,10-19,23H,2-5,8-9,20H2,1H3,(H,36,37). The van der Waals surface area contributed by atoms with Crippen LogP contribution in [0.1, 0.15) is 72.3 Å². The van der Waals surface area contributed by atoms with E-state index in [9.17, 15) is 9.59 Å². The zero-order valence-electron chi connectivity index (χ0n) is 21.9. The molecule has 0 atom stereocenters. The number of aromatic nitrogens is 2. The van der Waals surface area contributed by atoms with Crippen molar-refractivity contribution in [2.24, 2.45) is 5.10 Å². The SMILES string of the molecule is CCOc1cc(C=Nn2c(C3CCCCC3)nc3ccccc3c2=O)ccc1OCc1ccc(C(=O)O)cc1. The first-order chi connectivity index (χ1) is 19.0. The summed E-state index contributed by atoms with van der Waals surface area (Å²) in [4.78, 5) is 29.4. The lowest BCUT2D eigenvalue weighted by Gasteiger charge is -2.22. The molecule has 0 radical (unpaired) electrons.